The van der Waals surface area contributed by atoms with E-state index < -0.39 is 0 Å². The van der Waals surface area contributed by atoms with Crippen LogP contribution >= 0.6 is 0 Å². The number of benzene rings is 1. The minimum Gasteiger partial charge on any atom is -0.363 e. The molecular weight excluding hydrogens is 232 g/mol. The predicted molar refractivity (Wildman–Crippen MR) is 69.4 cm³/mol. The third-order valence-corrected chi connectivity index (χ3v) is 4.07. The summed E-state index contributed by atoms with van der Waals surface area (Å²) in [6.45, 7) is 0.930. The molecule has 1 aliphatic carbocycles. The lowest BCUT2D eigenvalue weighted by Gasteiger charge is -2.29. The first-order valence-corrected chi connectivity index (χ1v) is 6.21. The fraction of sp³-hybridized carbons (Fsp3) is 0.500. The Morgan fingerprint density at radius 3 is 2.83 bits per heavy atom. The zero-order valence-electron chi connectivity index (χ0n) is 10.0. The Kier molecular flexibility index (Phi) is 2.59. The molecule has 3 N–H and O–H groups in total. The first kappa shape index (κ1) is 11.3. The highest BCUT2D eigenvalue weighted by Crippen LogP contribution is 2.44. The second-order valence-electron chi connectivity index (χ2n) is 5.06. The van der Waals surface area contributed by atoms with E-state index in [1.807, 2.05) is 12.1 Å². The van der Waals surface area contributed by atoms with Crippen LogP contribution in [-0.2, 0) is 0 Å². The van der Waals surface area contributed by atoms with E-state index >= 15 is 0 Å². The molecule has 3 rings (SSSR count). The molecule has 1 aromatic carbocycles. The van der Waals surface area contributed by atoms with Crippen molar-refractivity contribution >= 4 is 17.1 Å². The van der Waals surface area contributed by atoms with Gasteiger partial charge in [0.25, 0.3) is 0 Å². The van der Waals surface area contributed by atoms with Gasteiger partial charge in [-0.05, 0) is 37.3 Å². The molecule has 1 saturated carbocycles. The van der Waals surface area contributed by atoms with Crippen molar-refractivity contribution < 1.29 is 4.92 Å². The number of hydrogen-bond donors (Lipinski definition) is 2. The van der Waals surface area contributed by atoms with E-state index in [2.05, 4.69) is 10.3 Å². The smallest absolute Gasteiger partial charge is 0.316 e. The monoisotopic (exact) mass is 248 g/mol. The molecule has 1 heterocycles. The van der Waals surface area contributed by atoms with E-state index in [9.17, 15) is 10.1 Å². The van der Waals surface area contributed by atoms with Crippen LogP contribution in [-0.4, -0.2) is 17.5 Å². The van der Waals surface area contributed by atoms with Gasteiger partial charge in [-0.1, -0.05) is 6.07 Å². The van der Waals surface area contributed by atoms with Crippen LogP contribution in [0.2, 0.25) is 0 Å². The van der Waals surface area contributed by atoms with Gasteiger partial charge in [0.15, 0.2) is 0 Å². The van der Waals surface area contributed by atoms with E-state index in [0.29, 0.717) is 23.3 Å². The molecule has 0 amide bonds. The number of para-hydroxylation sites is 1. The molecule has 6 nitrogen and oxygen atoms in total. The van der Waals surface area contributed by atoms with Crippen molar-refractivity contribution in [3.05, 3.63) is 28.3 Å². The van der Waals surface area contributed by atoms with E-state index in [1.54, 1.807) is 6.07 Å². The van der Waals surface area contributed by atoms with Crippen molar-refractivity contribution in [3.63, 3.8) is 0 Å². The maximum atomic E-state index is 11.2. The van der Waals surface area contributed by atoms with Crippen LogP contribution in [0.1, 0.15) is 19.3 Å². The third kappa shape index (κ3) is 1.60. The Labute approximate surface area is 105 Å². The lowest BCUT2D eigenvalue weighted by Crippen LogP contribution is -2.32. The molecule has 0 radical (unpaired) electrons. The summed E-state index contributed by atoms with van der Waals surface area (Å²) in [5.74, 6) is 6.06. The number of nitrogens with one attached hydrogen (secondary N) is 1. The molecule has 0 aromatic heterocycles. The predicted octanol–water partition coefficient (Wildman–Crippen LogP) is 1.87. The molecule has 0 spiro atoms. The molecular formula is C12H16N4O2. The minimum atomic E-state index is -0.351. The summed E-state index contributed by atoms with van der Waals surface area (Å²) in [6, 6.07) is 5.72. The standard InChI is InChI=1S/C12H16N4O2/c13-14-10-2-1-3-11(12(10)16(17)18)15-7-8-4-5-9(15)6-8/h1-3,8-9,14H,4-7,13H2. The lowest BCUT2D eigenvalue weighted by atomic mass is 10.1. The fourth-order valence-corrected chi connectivity index (χ4v) is 3.29. The molecule has 1 aromatic rings. The molecule has 2 aliphatic rings. The molecule has 1 aliphatic heterocycles. The summed E-state index contributed by atoms with van der Waals surface area (Å²) in [4.78, 5) is 13.1. The van der Waals surface area contributed by atoms with Gasteiger partial charge in [0.1, 0.15) is 11.4 Å². The van der Waals surface area contributed by atoms with Gasteiger partial charge >= 0.3 is 5.69 Å². The van der Waals surface area contributed by atoms with Crippen molar-refractivity contribution in [2.75, 3.05) is 16.9 Å². The minimum absolute atomic E-state index is 0.0903. The second-order valence-corrected chi connectivity index (χ2v) is 5.06. The average Bonchev–Trinajstić information content (AvgIpc) is 2.99. The maximum Gasteiger partial charge on any atom is 0.316 e. The number of nitrogen functional groups attached to an aromatic ring is 1. The maximum absolute atomic E-state index is 11.2. The van der Waals surface area contributed by atoms with E-state index in [4.69, 9.17) is 5.84 Å². The lowest BCUT2D eigenvalue weighted by molar-refractivity contribution is -0.383. The van der Waals surface area contributed by atoms with Crippen LogP contribution in [0.5, 0.6) is 0 Å². The van der Waals surface area contributed by atoms with Crippen LogP contribution in [0.15, 0.2) is 18.2 Å². The Morgan fingerprint density at radius 1 is 1.44 bits per heavy atom. The summed E-state index contributed by atoms with van der Waals surface area (Å²) in [5, 5.41) is 11.2. The van der Waals surface area contributed by atoms with Gasteiger partial charge in [-0.3, -0.25) is 16.0 Å². The van der Waals surface area contributed by atoms with Crippen molar-refractivity contribution in [2.45, 2.75) is 25.3 Å². The van der Waals surface area contributed by atoms with Crippen LogP contribution in [0.25, 0.3) is 0 Å². The van der Waals surface area contributed by atoms with Gasteiger partial charge in [0.05, 0.1) is 4.92 Å². The number of nitrogens with two attached hydrogens (primary N) is 1. The molecule has 1 saturated heterocycles. The number of piperidine rings is 1. The van der Waals surface area contributed by atoms with E-state index in [-0.39, 0.29) is 10.6 Å². The zero-order valence-corrected chi connectivity index (χ0v) is 10.0. The summed E-state index contributed by atoms with van der Waals surface area (Å²) in [5.41, 5.74) is 3.58. The molecule has 96 valence electrons. The Morgan fingerprint density at radius 2 is 2.28 bits per heavy atom. The highest BCUT2D eigenvalue weighted by atomic mass is 16.6. The number of nitro benzene ring substituents is 1. The van der Waals surface area contributed by atoms with Gasteiger partial charge < -0.3 is 10.3 Å². The number of nitrogens with zero attached hydrogens (tertiary/aromatic N) is 2. The van der Waals surface area contributed by atoms with Crippen molar-refractivity contribution in [1.29, 1.82) is 0 Å². The average molecular weight is 248 g/mol. The molecule has 18 heavy (non-hydrogen) atoms. The molecule has 2 unspecified atom stereocenters. The number of nitro groups is 1. The normalized spacial score (nSPS) is 25.5. The summed E-state index contributed by atoms with van der Waals surface area (Å²) >= 11 is 0. The number of hydrogen-bond acceptors (Lipinski definition) is 5. The summed E-state index contributed by atoms with van der Waals surface area (Å²) in [7, 11) is 0. The summed E-state index contributed by atoms with van der Waals surface area (Å²) < 4.78 is 0. The van der Waals surface area contributed by atoms with Gasteiger partial charge in [-0.25, -0.2) is 0 Å². The largest absolute Gasteiger partial charge is 0.363 e. The van der Waals surface area contributed by atoms with Crippen LogP contribution in [0.4, 0.5) is 17.1 Å². The number of hydrazine groups is 1. The second kappa shape index (κ2) is 4.13. The first-order chi connectivity index (χ1) is 8.70. The van der Waals surface area contributed by atoms with E-state index in [1.165, 1.54) is 6.42 Å². The fourth-order valence-electron chi connectivity index (χ4n) is 3.29. The van der Waals surface area contributed by atoms with Gasteiger partial charge in [-0.15, -0.1) is 0 Å². The van der Waals surface area contributed by atoms with Gasteiger partial charge in [-0.2, -0.15) is 0 Å². The number of fused-ring (bicyclic) bond motifs is 2. The van der Waals surface area contributed by atoms with Gasteiger partial charge in [0, 0.05) is 12.6 Å². The van der Waals surface area contributed by atoms with Gasteiger partial charge in [0.2, 0.25) is 0 Å². The Balaban J connectivity index is 2.03. The molecule has 6 heteroatoms. The zero-order chi connectivity index (χ0) is 12.7. The van der Waals surface area contributed by atoms with Crippen LogP contribution in [0, 0.1) is 16.0 Å². The third-order valence-electron chi connectivity index (χ3n) is 4.07. The van der Waals surface area contributed by atoms with E-state index in [0.717, 1.165) is 19.4 Å². The topological polar surface area (TPSA) is 84.4 Å². The van der Waals surface area contributed by atoms with Crippen LogP contribution < -0.4 is 16.2 Å². The number of rotatable bonds is 3. The quantitative estimate of drug-likeness (QED) is 0.484. The summed E-state index contributed by atoms with van der Waals surface area (Å²) in [6.07, 6.45) is 3.56. The Hall–Kier alpha value is -1.82. The molecule has 2 atom stereocenters. The first-order valence-electron chi connectivity index (χ1n) is 6.21. The SMILES string of the molecule is NNc1cccc(N2CC3CCC2C3)c1[N+](=O)[O-]. The van der Waals surface area contributed by atoms with Crippen molar-refractivity contribution in [3.8, 4) is 0 Å². The Bertz CT molecular complexity index is 491. The number of anilines is 2. The highest BCUT2D eigenvalue weighted by molar-refractivity contribution is 5.77. The van der Waals surface area contributed by atoms with Crippen molar-refractivity contribution in [1.82, 2.24) is 0 Å². The van der Waals surface area contributed by atoms with Crippen LogP contribution in [0.3, 0.4) is 0 Å². The molecule has 2 bridgehead atoms. The highest BCUT2D eigenvalue weighted by Gasteiger charge is 2.40. The molecule has 2 fully saturated rings. The van der Waals surface area contributed by atoms with Crippen molar-refractivity contribution in [2.24, 2.45) is 11.8 Å².